The maximum Gasteiger partial charge on any atom is 0.159 e. The second-order valence-corrected chi connectivity index (χ2v) is 14.8. The molecule has 1 heterocycles. The van der Waals surface area contributed by atoms with Crippen molar-refractivity contribution in [2.24, 2.45) is 0 Å². The van der Waals surface area contributed by atoms with E-state index in [0.29, 0.717) is 0 Å². The third-order valence-corrected chi connectivity index (χ3v) is 11.8. The van der Waals surface area contributed by atoms with Crippen molar-refractivity contribution in [2.75, 3.05) is 4.90 Å². The van der Waals surface area contributed by atoms with Gasteiger partial charge in [-0.2, -0.15) is 0 Å². The van der Waals surface area contributed by atoms with Crippen LogP contribution in [0.2, 0.25) is 0 Å². The minimum Gasteiger partial charge on any atom is -0.454 e. The maximum atomic E-state index is 6.73. The SMILES string of the molecule is c1ccc(-c2ccc(-c3ccc(N(c4ccc5c(c4)C(c4ccccc4)(c4ccccc4)c4ccccc4-5)c4cccc5c4oc4ccccc45)cc3)cc2)cc1. The third kappa shape index (κ3) is 5.26. The molecule has 0 atom stereocenters. The van der Waals surface area contributed by atoms with Crippen molar-refractivity contribution >= 4 is 39.0 Å². The number of anilines is 3. The van der Waals surface area contributed by atoms with E-state index < -0.39 is 5.41 Å². The highest BCUT2D eigenvalue weighted by molar-refractivity contribution is 6.10. The molecule has 0 spiro atoms. The Hall–Kier alpha value is -7.42. The Morgan fingerprint density at radius 2 is 0.860 bits per heavy atom. The van der Waals surface area contributed by atoms with Crippen molar-refractivity contribution in [3.05, 3.63) is 247 Å². The molecule has 0 aliphatic heterocycles. The van der Waals surface area contributed by atoms with E-state index in [2.05, 4.69) is 223 Å². The first-order valence-electron chi connectivity index (χ1n) is 19.6. The fraction of sp³-hybridized carbons (Fsp3) is 0.0182. The second kappa shape index (κ2) is 13.4. The largest absolute Gasteiger partial charge is 0.454 e. The average molecular weight is 728 g/mol. The van der Waals surface area contributed by atoms with Crippen molar-refractivity contribution in [1.29, 1.82) is 0 Å². The van der Waals surface area contributed by atoms with Gasteiger partial charge in [-0.1, -0.05) is 188 Å². The van der Waals surface area contributed by atoms with Gasteiger partial charge >= 0.3 is 0 Å². The van der Waals surface area contributed by atoms with Crippen molar-refractivity contribution in [3.63, 3.8) is 0 Å². The molecule has 1 aliphatic carbocycles. The molecule has 1 aromatic heterocycles. The molecule has 0 saturated heterocycles. The number of hydrogen-bond acceptors (Lipinski definition) is 2. The Kier molecular flexibility index (Phi) is 7.75. The molecule has 0 fully saturated rings. The summed E-state index contributed by atoms with van der Waals surface area (Å²) in [6.45, 7) is 0. The number of nitrogens with zero attached hydrogens (tertiary/aromatic N) is 1. The molecule has 0 N–H and O–H groups in total. The summed E-state index contributed by atoms with van der Waals surface area (Å²) in [7, 11) is 0. The predicted molar refractivity (Wildman–Crippen MR) is 237 cm³/mol. The quantitative estimate of drug-likeness (QED) is 0.163. The molecule has 268 valence electrons. The lowest BCUT2D eigenvalue weighted by molar-refractivity contribution is 0.669. The first-order chi connectivity index (χ1) is 28.3. The minimum absolute atomic E-state index is 0.517. The van der Waals surface area contributed by atoms with Crippen LogP contribution in [0.4, 0.5) is 17.1 Å². The van der Waals surface area contributed by atoms with Crippen LogP contribution < -0.4 is 4.90 Å². The predicted octanol–water partition coefficient (Wildman–Crippen LogP) is 14.8. The molecule has 0 unspecified atom stereocenters. The van der Waals surface area contributed by atoms with Crippen LogP contribution >= 0.6 is 0 Å². The summed E-state index contributed by atoms with van der Waals surface area (Å²) in [6.07, 6.45) is 0. The van der Waals surface area contributed by atoms with Crippen LogP contribution in [0.1, 0.15) is 22.3 Å². The Labute approximate surface area is 332 Å². The van der Waals surface area contributed by atoms with Crippen LogP contribution in [-0.4, -0.2) is 0 Å². The van der Waals surface area contributed by atoms with Gasteiger partial charge in [0.2, 0.25) is 0 Å². The number of furan rings is 1. The summed E-state index contributed by atoms with van der Waals surface area (Å²) in [5, 5.41) is 2.21. The molecule has 0 radical (unpaired) electrons. The van der Waals surface area contributed by atoms with E-state index >= 15 is 0 Å². The Morgan fingerprint density at radius 1 is 0.351 bits per heavy atom. The average Bonchev–Trinajstić information content (AvgIpc) is 3.82. The Bertz CT molecular complexity index is 3000. The molecular formula is C55H37NO. The van der Waals surface area contributed by atoms with Gasteiger partial charge in [-0.3, -0.25) is 0 Å². The molecule has 2 heteroatoms. The highest BCUT2D eigenvalue weighted by Gasteiger charge is 2.46. The first kappa shape index (κ1) is 33.0. The van der Waals surface area contributed by atoms with E-state index in [1.165, 1.54) is 50.1 Å². The van der Waals surface area contributed by atoms with E-state index in [-0.39, 0.29) is 0 Å². The molecule has 57 heavy (non-hydrogen) atoms. The molecule has 0 saturated carbocycles. The van der Waals surface area contributed by atoms with Crippen molar-refractivity contribution in [1.82, 2.24) is 0 Å². The fourth-order valence-corrected chi connectivity index (χ4v) is 9.20. The zero-order valence-electron chi connectivity index (χ0n) is 31.2. The molecule has 9 aromatic carbocycles. The van der Waals surface area contributed by atoms with Crippen molar-refractivity contribution in [2.45, 2.75) is 5.41 Å². The van der Waals surface area contributed by atoms with E-state index in [9.17, 15) is 0 Å². The number of hydrogen-bond donors (Lipinski definition) is 0. The van der Waals surface area contributed by atoms with Crippen LogP contribution in [0, 0.1) is 0 Å². The number of benzene rings is 9. The first-order valence-corrected chi connectivity index (χ1v) is 19.6. The van der Waals surface area contributed by atoms with E-state index in [0.717, 1.165) is 44.6 Å². The van der Waals surface area contributed by atoms with E-state index in [4.69, 9.17) is 4.42 Å². The highest BCUT2D eigenvalue weighted by atomic mass is 16.3. The standard InChI is InChI=1S/C55H37NO/c1-4-15-38(16-5-1)39-27-29-40(30-28-39)41-31-33-44(34-32-41)56(52-25-14-23-49-48-22-11-13-26-53(48)57-54(49)52)45-35-36-47-46-21-10-12-24-50(46)55(51(47)37-45,42-17-6-2-7-18-42)43-19-8-3-9-20-43/h1-37H. The van der Waals surface area contributed by atoms with Gasteiger partial charge in [0.05, 0.1) is 11.1 Å². The van der Waals surface area contributed by atoms with Gasteiger partial charge in [-0.15, -0.1) is 0 Å². The maximum absolute atomic E-state index is 6.73. The zero-order chi connectivity index (χ0) is 37.8. The fourth-order valence-electron chi connectivity index (χ4n) is 9.20. The summed E-state index contributed by atoms with van der Waals surface area (Å²) in [5.74, 6) is 0. The summed E-state index contributed by atoms with van der Waals surface area (Å²) < 4.78 is 6.73. The number of fused-ring (bicyclic) bond motifs is 6. The Morgan fingerprint density at radius 3 is 1.54 bits per heavy atom. The van der Waals surface area contributed by atoms with Gasteiger partial charge in [0.1, 0.15) is 5.58 Å². The molecule has 10 aromatic rings. The summed E-state index contributed by atoms with van der Waals surface area (Å²) in [4.78, 5) is 2.37. The number of rotatable bonds is 7. The minimum atomic E-state index is -0.517. The third-order valence-electron chi connectivity index (χ3n) is 11.8. The van der Waals surface area contributed by atoms with Crippen LogP contribution in [0.25, 0.3) is 55.3 Å². The molecule has 0 amide bonds. The molecule has 2 nitrogen and oxygen atoms in total. The normalized spacial score (nSPS) is 12.7. The van der Waals surface area contributed by atoms with Gasteiger partial charge in [-0.05, 0) is 92.0 Å². The number of para-hydroxylation sites is 2. The molecule has 11 rings (SSSR count). The molecular weight excluding hydrogens is 691 g/mol. The smallest absolute Gasteiger partial charge is 0.159 e. The summed E-state index contributed by atoms with van der Waals surface area (Å²) in [6, 6.07) is 81.1. The van der Waals surface area contributed by atoms with Crippen LogP contribution in [-0.2, 0) is 5.41 Å². The molecule has 1 aliphatic rings. The highest BCUT2D eigenvalue weighted by Crippen LogP contribution is 2.57. The Balaban J connectivity index is 1.12. The van der Waals surface area contributed by atoms with Gasteiger partial charge in [0, 0.05) is 22.1 Å². The lowest BCUT2D eigenvalue weighted by atomic mass is 9.67. The lowest BCUT2D eigenvalue weighted by Gasteiger charge is -2.35. The lowest BCUT2D eigenvalue weighted by Crippen LogP contribution is -2.28. The van der Waals surface area contributed by atoms with Crippen LogP contribution in [0.5, 0.6) is 0 Å². The van der Waals surface area contributed by atoms with Crippen LogP contribution in [0.3, 0.4) is 0 Å². The van der Waals surface area contributed by atoms with Crippen molar-refractivity contribution < 1.29 is 4.42 Å². The van der Waals surface area contributed by atoms with Crippen molar-refractivity contribution in [3.8, 4) is 33.4 Å². The van der Waals surface area contributed by atoms with Gasteiger partial charge < -0.3 is 9.32 Å². The monoisotopic (exact) mass is 727 g/mol. The summed E-state index contributed by atoms with van der Waals surface area (Å²) in [5.41, 5.74) is 16.7. The topological polar surface area (TPSA) is 16.4 Å². The van der Waals surface area contributed by atoms with Crippen LogP contribution in [0.15, 0.2) is 229 Å². The van der Waals surface area contributed by atoms with E-state index in [1.54, 1.807) is 0 Å². The van der Waals surface area contributed by atoms with E-state index in [1.807, 2.05) is 6.07 Å². The zero-order valence-corrected chi connectivity index (χ0v) is 31.2. The molecule has 0 bridgehead atoms. The second-order valence-electron chi connectivity index (χ2n) is 14.8. The summed E-state index contributed by atoms with van der Waals surface area (Å²) >= 11 is 0. The van der Waals surface area contributed by atoms with Gasteiger partial charge in [0.15, 0.2) is 5.58 Å². The van der Waals surface area contributed by atoms with Gasteiger partial charge in [-0.25, -0.2) is 0 Å². The van der Waals surface area contributed by atoms with Gasteiger partial charge in [0.25, 0.3) is 0 Å².